The number of hydrogen-bond acceptors (Lipinski definition) is 11. The highest BCUT2D eigenvalue weighted by molar-refractivity contribution is 7.36. The predicted molar refractivity (Wildman–Crippen MR) is 218 cm³/mol. The van der Waals surface area contributed by atoms with Crippen LogP contribution in [0.25, 0.3) is 49.4 Å². The number of carbonyl (C=O) groups is 2. The number of hydrogen-bond donors (Lipinski definition) is 0. The maximum atomic E-state index is 13.6. The van der Waals surface area contributed by atoms with Crippen LogP contribution in [0, 0.1) is 35.8 Å². The van der Waals surface area contributed by atoms with Gasteiger partial charge in [-0.3, -0.25) is 9.59 Å². The molecule has 4 aromatic heterocycles. The Kier molecular flexibility index (Phi) is 7.48. The molecule has 5 heterocycles. The van der Waals surface area contributed by atoms with Gasteiger partial charge in [-0.15, -0.1) is 45.3 Å². The van der Waals surface area contributed by atoms with E-state index in [0.29, 0.717) is 32.3 Å². The summed E-state index contributed by atoms with van der Waals surface area (Å²) in [5.74, 6) is 0.215. The number of benzene rings is 2. The Labute approximate surface area is 329 Å². The Morgan fingerprint density at radius 1 is 0.691 bits per heavy atom. The number of ketones is 2. The van der Waals surface area contributed by atoms with Crippen LogP contribution in [0.5, 0.6) is 5.75 Å². The van der Waals surface area contributed by atoms with Gasteiger partial charge in [0.15, 0.2) is 5.75 Å². The third-order valence-corrected chi connectivity index (χ3v) is 15.2. The molecular formula is C42H20N6O3S4. The predicted octanol–water partition coefficient (Wildman–Crippen LogP) is 11.7. The lowest BCUT2D eigenvalue weighted by Gasteiger charge is -2.40. The third kappa shape index (κ3) is 4.75. The number of thiophene rings is 4. The minimum Gasteiger partial charge on any atom is -0.479 e. The number of nitriles is 2. The van der Waals surface area contributed by atoms with Gasteiger partial charge in [0.1, 0.15) is 27.0 Å². The molecular weight excluding hydrogens is 765 g/mol. The molecule has 0 unspecified atom stereocenters. The van der Waals surface area contributed by atoms with Gasteiger partial charge >= 0.3 is 0 Å². The van der Waals surface area contributed by atoms with E-state index >= 15 is 0 Å². The van der Waals surface area contributed by atoms with E-state index in [9.17, 15) is 20.1 Å². The summed E-state index contributed by atoms with van der Waals surface area (Å²) in [6.07, 6.45) is 4.83. The number of rotatable bonds is 2. The summed E-state index contributed by atoms with van der Waals surface area (Å²) in [6.45, 7) is 15.2. The maximum absolute atomic E-state index is 13.6. The summed E-state index contributed by atoms with van der Waals surface area (Å²) >= 11 is 6.25. The van der Waals surface area contributed by atoms with Gasteiger partial charge in [0.2, 0.25) is 11.6 Å². The van der Waals surface area contributed by atoms with Crippen molar-refractivity contribution in [1.29, 1.82) is 10.5 Å². The Balaban J connectivity index is 1.10. The van der Waals surface area contributed by atoms with Gasteiger partial charge in [0, 0.05) is 32.5 Å². The highest BCUT2D eigenvalue weighted by Gasteiger charge is 2.47. The summed E-state index contributed by atoms with van der Waals surface area (Å²) < 4.78 is 11.2. The average molecular weight is 785 g/mol. The van der Waals surface area contributed by atoms with E-state index in [1.165, 1.54) is 22.7 Å². The minimum atomic E-state index is -0.559. The molecule has 0 amide bonds. The first-order valence-electron chi connectivity index (χ1n) is 17.2. The van der Waals surface area contributed by atoms with Gasteiger partial charge in [-0.05, 0) is 48.9 Å². The standard InChI is InChI=1S/C42H20N6O3S4/c1-45-24(18-43)30-20-10-4-6-12-22(20)35(49)33(30)47-28-16-26-38(54-28)32-40(52-26)41-37(51-42(32)14-8-3-9-15-42)39-27(53-41)17-29(55-39)48-34-31(25(19-44)46-2)21-11-5-7-13-23(21)36(34)50/h4-7,10-13,16-17H,3,8-9,14-15H2/b30-24+,31-25?,47-33?,48-34?. The number of Topliss-reactive ketones (excluding diaryl/α,β-unsaturated/α-hetero) is 2. The molecule has 0 atom stereocenters. The first kappa shape index (κ1) is 33.3. The van der Waals surface area contributed by atoms with E-state index in [2.05, 4.69) is 9.69 Å². The lowest BCUT2D eigenvalue weighted by Crippen LogP contribution is -2.37. The number of allylic oxidation sites excluding steroid dienone is 4. The monoisotopic (exact) mass is 784 g/mol. The summed E-state index contributed by atoms with van der Waals surface area (Å²) in [5, 5.41) is 20.8. The molecule has 4 aliphatic rings. The van der Waals surface area contributed by atoms with Crippen molar-refractivity contribution in [3.63, 3.8) is 0 Å². The van der Waals surface area contributed by atoms with Crippen molar-refractivity contribution in [1.82, 2.24) is 0 Å². The molecule has 1 saturated carbocycles. The van der Waals surface area contributed by atoms with Gasteiger partial charge in [-0.25, -0.2) is 30.2 Å². The van der Waals surface area contributed by atoms with E-state index in [0.717, 1.165) is 72.0 Å². The van der Waals surface area contributed by atoms with Gasteiger partial charge in [0.25, 0.3) is 11.4 Å². The van der Waals surface area contributed by atoms with E-state index in [4.69, 9.17) is 27.9 Å². The first-order chi connectivity index (χ1) is 26.9. The zero-order valence-electron chi connectivity index (χ0n) is 28.4. The molecule has 1 aliphatic heterocycles. The lowest BCUT2D eigenvalue weighted by atomic mass is 9.78. The van der Waals surface area contributed by atoms with Crippen LogP contribution >= 0.6 is 45.3 Å². The van der Waals surface area contributed by atoms with Gasteiger partial charge in [-0.2, -0.15) is 0 Å². The molecule has 260 valence electrons. The second-order valence-electron chi connectivity index (χ2n) is 13.3. The molecule has 1 spiro atoms. The molecule has 9 nitrogen and oxygen atoms in total. The zero-order chi connectivity index (χ0) is 37.6. The Hall–Kier alpha value is -6.32. The van der Waals surface area contributed by atoms with E-state index < -0.39 is 5.60 Å². The van der Waals surface area contributed by atoms with Crippen molar-refractivity contribution in [3.05, 3.63) is 123 Å². The van der Waals surface area contributed by atoms with Crippen molar-refractivity contribution in [3.8, 4) is 27.6 Å². The molecule has 0 bridgehead atoms. The lowest BCUT2D eigenvalue weighted by molar-refractivity contribution is 0.0282. The van der Waals surface area contributed by atoms with Crippen molar-refractivity contribution >= 4 is 108 Å². The fraction of sp³-hybridized carbons (Fsp3) is 0.143. The van der Waals surface area contributed by atoms with Crippen LogP contribution in [0.15, 0.2) is 82.0 Å². The Morgan fingerprint density at radius 2 is 1.18 bits per heavy atom. The molecule has 13 heteroatoms. The van der Waals surface area contributed by atoms with Gasteiger partial charge in [-0.1, -0.05) is 55.0 Å². The molecule has 1 fully saturated rings. The molecule has 6 aromatic rings. The highest BCUT2D eigenvalue weighted by Crippen LogP contribution is 2.63. The van der Waals surface area contributed by atoms with Crippen LogP contribution in [-0.2, 0) is 5.60 Å². The van der Waals surface area contributed by atoms with Crippen molar-refractivity contribution in [2.24, 2.45) is 9.98 Å². The van der Waals surface area contributed by atoms with Crippen molar-refractivity contribution in [2.75, 3.05) is 0 Å². The number of aliphatic imine (C=N–C) groups is 2. The van der Waals surface area contributed by atoms with Crippen LogP contribution in [0.2, 0.25) is 0 Å². The third-order valence-electron chi connectivity index (χ3n) is 10.4. The Morgan fingerprint density at radius 3 is 1.71 bits per heavy atom. The number of nitrogens with zero attached hydrogens (tertiary/aromatic N) is 6. The summed E-state index contributed by atoms with van der Waals surface area (Å²) in [5.41, 5.74) is 3.01. The minimum absolute atomic E-state index is 0.102. The SMILES string of the molecule is [C-]#[N+]C(C#N)=C1C(=Nc2cc3sc4c(c3s2)OC2(CCCCC2)c2c-4sc3cc(N=C4C(=O)c5ccccc5/C4=C(/C#N)[N+]#[C-])sc23)C(=O)c2ccccc21. The fourth-order valence-corrected chi connectivity index (χ4v) is 13.3. The maximum Gasteiger partial charge on any atom is 0.271 e. The fourth-order valence-electron chi connectivity index (χ4n) is 8.10. The van der Waals surface area contributed by atoms with Crippen LogP contribution in [0.4, 0.5) is 10.0 Å². The smallest absolute Gasteiger partial charge is 0.271 e. The number of fused-ring (bicyclic) bond motifs is 10. The Bertz CT molecular complexity index is 3060. The number of carbonyl (C=O) groups excluding carboxylic acids is 2. The second-order valence-corrected chi connectivity index (χ2v) is 17.5. The molecule has 3 aliphatic carbocycles. The molecule has 55 heavy (non-hydrogen) atoms. The van der Waals surface area contributed by atoms with E-state index in [1.807, 2.05) is 24.3 Å². The number of ether oxygens (including phenoxy) is 1. The van der Waals surface area contributed by atoms with Crippen LogP contribution in [0.1, 0.15) is 69.5 Å². The van der Waals surface area contributed by atoms with Crippen LogP contribution < -0.4 is 4.74 Å². The van der Waals surface area contributed by atoms with Crippen LogP contribution in [-0.4, -0.2) is 23.0 Å². The normalized spacial score (nSPS) is 19.7. The molecule has 0 radical (unpaired) electrons. The first-order valence-corrected chi connectivity index (χ1v) is 20.5. The van der Waals surface area contributed by atoms with E-state index in [-0.39, 0.29) is 45.5 Å². The van der Waals surface area contributed by atoms with E-state index in [1.54, 1.807) is 71.2 Å². The van der Waals surface area contributed by atoms with Crippen LogP contribution in [0.3, 0.4) is 0 Å². The average Bonchev–Trinajstić information content (AvgIpc) is 4.04. The molecule has 0 N–H and O–H groups in total. The second kappa shape index (κ2) is 12.4. The quantitative estimate of drug-likeness (QED) is 0.128. The summed E-state index contributed by atoms with van der Waals surface area (Å²) in [4.78, 5) is 45.9. The zero-order valence-corrected chi connectivity index (χ0v) is 31.6. The van der Waals surface area contributed by atoms with Crippen molar-refractivity contribution < 1.29 is 14.3 Å². The van der Waals surface area contributed by atoms with Crippen molar-refractivity contribution in [2.45, 2.75) is 37.7 Å². The highest BCUT2D eigenvalue weighted by atomic mass is 32.1. The molecule has 2 aromatic carbocycles. The summed E-state index contributed by atoms with van der Waals surface area (Å²) in [7, 11) is 0. The molecule has 10 rings (SSSR count). The molecule has 0 saturated heterocycles. The topological polar surface area (TPSA) is 124 Å². The van der Waals surface area contributed by atoms with Gasteiger partial charge < -0.3 is 4.74 Å². The van der Waals surface area contributed by atoms with Gasteiger partial charge in [0.05, 0.1) is 49.1 Å². The summed E-state index contributed by atoms with van der Waals surface area (Å²) in [6, 6.07) is 21.9. The largest absolute Gasteiger partial charge is 0.479 e.